The van der Waals surface area contributed by atoms with Gasteiger partial charge in [0.05, 0.1) is 13.2 Å². The van der Waals surface area contributed by atoms with Crippen LogP contribution in [-0.4, -0.2) is 36.4 Å². The Hall–Kier alpha value is -0.430. The largest absolute Gasteiger partial charge is 0.379 e. The fourth-order valence-corrected chi connectivity index (χ4v) is 0.980. The number of hydrogen-bond acceptors (Lipinski definition) is 4. The van der Waals surface area contributed by atoms with Crippen molar-refractivity contribution in [3.05, 3.63) is 0 Å². The van der Waals surface area contributed by atoms with E-state index in [0.29, 0.717) is 5.11 Å². The predicted octanol–water partition coefficient (Wildman–Crippen LogP) is -1.43. The van der Waals surface area contributed by atoms with Crippen molar-refractivity contribution in [2.45, 2.75) is 0 Å². The fraction of sp³-hybridized carbons (Fsp3) is 0.800. The van der Waals surface area contributed by atoms with E-state index in [0.717, 1.165) is 26.3 Å². The molecule has 0 unspecified atom stereocenters. The Morgan fingerprint density at radius 1 is 1.45 bits per heavy atom. The van der Waals surface area contributed by atoms with Crippen molar-refractivity contribution in [2.75, 3.05) is 26.3 Å². The van der Waals surface area contributed by atoms with E-state index >= 15 is 0 Å². The molecule has 5 nitrogen and oxygen atoms in total. The number of nitrogens with one attached hydrogen (secondary N) is 2. The molecule has 1 rings (SSSR count). The van der Waals surface area contributed by atoms with Crippen LogP contribution in [0, 0.1) is 0 Å². The summed E-state index contributed by atoms with van der Waals surface area (Å²) in [6.07, 6.45) is 0. The Balaban J connectivity index is 2.19. The number of nitrogens with zero attached hydrogens (tertiary/aromatic N) is 1. The van der Waals surface area contributed by atoms with Crippen LogP contribution in [0.1, 0.15) is 0 Å². The van der Waals surface area contributed by atoms with Crippen molar-refractivity contribution < 1.29 is 4.74 Å². The van der Waals surface area contributed by atoms with E-state index in [2.05, 4.69) is 10.9 Å². The fourth-order valence-electron chi connectivity index (χ4n) is 0.851. The molecule has 0 aromatic rings. The lowest BCUT2D eigenvalue weighted by atomic mass is 10.5. The average Bonchev–Trinajstić information content (AvgIpc) is 2.06. The standard InChI is InChI=1S/C5H12N4OS/c6-7-5(11)8-9-1-3-10-4-2-9/h1-4,6H2,(H2,7,8,11). The second-order valence-electron chi connectivity index (χ2n) is 2.18. The predicted molar refractivity (Wildman–Crippen MR) is 45.4 cm³/mol. The molecule has 0 atom stereocenters. The van der Waals surface area contributed by atoms with Gasteiger partial charge in [-0.1, -0.05) is 0 Å². The van der Waals surface area contributed by atoms with Crippen LogP contribution in [-0.2, 0) is 4.74 Å². The van der Waals surface area contributed by atoms with E-state index < -0.39 is 0 Å². The molecule has 0 radical (unpaired) electrons. The van der Waals surface area contributed by atoms with Gasteiger partial charge >= 0.3 is 0 Å². The second-order valence-corrected chi connectivity index (χ2v) is 2.59. The second kappa shape index (κ2) is 4.45. The normalized spacial score (nSPS) is 19.4. The Labute approximate surface area is 70.8 Å². The van der Waals surface area contributed by atoms with Crippen molar-refractivity contribution in [1.29, 1.82) is 0 Å². The Kier molecular flexibility index (Phi) is 3.50. The summed E-state index contributed by atoms with van der Waals surface area (Å²) in [6.45, 7) is 3.14. The summed E-state index contributed by atoms with van der Waals surface area (Å²) in [4.78, 5) is 0. The lowest BCUT2D eigenvalue weighted by molar-refractivity contribution is 0.0247. The summed E-state index contributed by atoms with van der Waals surface area (Å²) in [5.41, 5.74) is 5.27. The van der Waals surface area contributed by atoms with Gasteiger partial charge in [0.2, 0.25) is 0 Å². The van der Waals surface area contributed by atoms with Gasteiger partial charge in [-0.05, 0) is 12.2 Å². The summed E-state index contributed by atoms with van der Waals surface area (Å²) in [7, 11) is 0. The third kappa shape index (κ3) is 2.98. The van der Waals surface area contributed by atoms with Gasteiger partial charge in [-0.3, -0.25) is 10.9 Å². The first kappa shape index (κ1) is 8.66. The highest BCUT2D eigenvalue weighted by atomic mass is 32.1. The van der Waals surface area contributed by atoms with E-state index in [9.17, 15) is 0 Å². The molecule has 1 fully saturated rings. The van der Waals surface area contributed by atoms with E-state index in [-0.39, 0.29) is 0 Å². The molecule has 1 aliphatic heterocycles. The van der Waals surface area contributed by atoms with Gasteiger partial charge < -0.3 is 4.74 Å². The molecular weight excluding hydrogens is 164 g/mol. The van der Waals surface area contributed by atoms with Gasteiger partial charge in [0.1, 0.15) is 0 Å². The molecular formula is C5H12N4OS. The molecule has 4 N–H and O–H groups in total. The maximum atomic E-state index is 5.14. The Morgan fingerprint density at radius 3 is 2.64 bits per heavy atom. The van der Waals surface area contributed by atoms with Crippen LogP contribution < -0.4 is 16.7 Å². The molecule has 0 aromatic carbocycles. The molecule has 1 heterocycles. The topological polar surface area (TPSA) is 62.5 Å². The quantitative estimate of drug-likeness (QED) is 0.259. The highest BCUT2D eigenvalue weighted by molar-refractivity contribution is 7.80. The number of hydrogen-bond donors (Lipinski definition) is 3. The zero-order valence-corrected chi connectivity index (χ0v) is 6.99. The van der Waals surface area contributed by atoms with E-state index in [1.165, 1.54) is 0 Å². The molecule has 0 spiro atoms. The summed E-state index contributed by atoms with van der Waals surface area (Å²) in [6, 6.07) is 0. The van der Waals surface area contributed by atoms with Gasteiger partial charge in [0, 0.05) is 13.1 Å². The van der Waals surface area contributed by atoms with E-state index in [1.54, 1.807) is 0 Å². The van der Waals surface area contributed by atoms with Crippen LogP contribution >= 0.6 is 12.2 Å². The molecule has 6 heteroatoms. The SMILES string of the molecule is NNC(=S)NN1CCOCC1. The third-order valence-corrected chi connectivity index (χ3v) is 1.61. The lowest BCUT2D eigenvalue weighted by Gasteiger charge is -2.27. The van der Waals surface area contributed by atoms with Crippen LogP contribution in [0.4, 0.5) is 0 Å². The summed E-state index contributed by atoms with van der Waals surface area (Å²) < 4.78 is 5.14. The monoisotopic (exact) mass is 176 g/mol. The van der Waals surface area contributed by atoms with Crippen LogP contribution in [0.15, 0.2) is 0 Å². The Morgan fingerprint density at radius 2 is 2.09 bits per heavy atom. The van der Waals surface area contributed by atoms with Crippen molar-refractivity contribution >= 4 is 17.3 Å². The average molecular weight is 176 g/mol. The minimum absolute atomic E-state index is 0.437. The van der Waals surface area contributed by atoms with Crippen LogP contribution in [0.2, 0.25) is 0 Å². The lowest BCUT2D eigenvalue weighted by Crippen LogP contribution is -2.52. The summed E-state index contributed by atoms with van der Waals surface area (Å²) in [5, 5.41) is 2.40. The number of thiocarbonyl (C=S) groups is 1. The van der Waals surface area contributed by atoms with Gasteiger partial charge in [-0.2, -0.15) is 0 Å². The minimum atomic E-state index is 0.437. The highest BCUT2D eigenvalue weighted by Crippen LogP contribution is 1.91. The zero-order chi connectivity index (χ0) is 8.10. The van der Waals surface area contributed by atoms with E-state index in [1.807, 2.05) is 5.01 Å². The van der Waals surface area contributed by atoms with Crippen molar-refractivity contribution in [1.82, 2.24) is 15.9 Å². The van der Waals surface area contributed by atoms with Crippen molar-refractivity contribution in [3.8, 4) is 0 Å². The molecule has 0 aromatic heterocycles. The number of morpholine rings is 1. The smallest absolute Gasteiger partial charge is 0.195 e. The Bertz CT molecular complexity index is 136. The molecule has 0 aliphatic carbocycles. The van der Waals surface area contributed by atoms with Gasteiger partial charge in [-0.15, -0.1) is 0 Å². The first-order valence-electron chi connectivity index (χ1n) is 3.43. The van der Waals surface area contributed by atoms with Gasteiger partial charge in [0.25, 0.3) is 0 Å². The van der Waals surface area contributed by atoms with Crippen LogP contribution in [0.3, 0.4) is 0 Å². The summed E-state index contributed by atoms with van der Waals surface area (Å²) in [5.74, 6) is 5.08. The highest BCUT2D eigenvalue weighted by Gasteiger charge is 2.09. The maximum absolute atomic E-state index is 5.14. The third-order valence-electron chi connectivity index (χ3n) is 1.40. The summed E-state index contributed by atoms with van der Waals surface area (Å²) >= 11 is 4.81. The molecule has 64 valence electrons. The van der Waals surface area contributed by atoms with Crippen molar-refractivity contribution in [2.24, 2.45) is 5.84 Å². The van der Waals surface area contributed by atoms with Gasteiger partial charge in [0.15, 0.2) is 5.11 Å². The first-order chi connectivity index (χ1) is 5.33. The maximum Gasteiger partial charge on any atom is 0.195 e. The van der Waals surface area contributed by atoms with Crippen molar-refractivity contribution in [3.63, 3.8) is 0 Å². The zero-order valence-electron chi connectivity index (χ0n) is 6.17. The molecule has 0 bridgehead atoms. The van der Waals surface area contributed by atoms with Crippen LogP contribution in [0.25, 0.3) is 0 Å². The number of hydrazine groups is 2. The molecule has 1 saturated heterocycles. The minimum Gasteiger partial charge on any atom is -0.379 e. The number of ether oxygens (including phenoxy) is 1. The van der Waals surface area contributed by atoms with Crippen LogP contribution in [0.5, 0.6) is 0 Å². The van der Waals surface area contributed by atoms with Gasteiger partial charge in [-0.25, -0.2) is 10.9 Å². The molecule has 0 saturated carbocycles. The first-order valence-corrected chi connectivity index (χ1v) is 3.83. The number of nitrogens with two attached hydrogens (primary N) is 1. The number of rotatable bonds is 1. The molecule has 1 aliphatic rings. The van der Waals surface area contributed by atoms with E-state index in [4.69, 9.17) is 22.8 Å². The molecule has 0 amide bonds. The molecule has 11 heavy (non-hydrogen) atoms.